The minimum absolute atomic E-state index is 0.250. The molecular weight excluding hydrogens is 228 g/mol. The standard InChI is InChI=1S/C11H15ClN2O2/c1-2-9(15)5-6-13-11(16)10-4-3-8(12)7-14-10/h3-4,7,9,15H,2,5-6H2,1H3,(H,13,16). The fourth-order valence-electron chi connectivity index (χ4n) is 1.16. The number of hydrogen-bond donors (Lipinski definition) is 2. The molecule has 0 aliphatic heterocycles. The van der Waals surface area contributed by atoms with Crippen LogP contribution in [-0.4, -0.2) is 28.6 Å². The number of aliphatic hydroxyl groups excluding tert-OH is 1. The molecule has 0 radical (unpaired) electrons. The van der Waals surface area contributed by atoms with Gasteiger partial charge in [0.15, 0.2) is 0 Å². The summed E-state index contributed by atoms with van der Waals surface area (Å²) in [4.78, 5) is 15.4. The van der Waals surface area contributed by atoms with Crippen molar-refractivity contribution in [3.63, 3.8) is 0 Å². The first-order chi connectivity index (χ1) is 7.63. The van der Waals surface area contributed by atoms with Crippen molar-refractivity contribution in [1.82, 2.24) is 10.3 Å². The van der Waals surface area contributed by atoms with Crippen molar-refractivity contribution in [3.8, 4) is 0 Å². The summed E-state index contributed by atoms with van der Waals surface area (Å²) < 4.78 is 0. The average molecular weight is 243 g/mol. The Balaban J connectivity index is 2.38. The van der Waals surface area contributed by atoms with Crippen molar-refractivity contribution in [2.24, 2.45) is 0 Å². The second-order valence-electron chi connectivity index (χ2n) is 3.47. The molecule has 2 N–H and O–H groups in total. The number of nitrogens with zero attached hydrogens (tertiary/aromatic N) is 1. The van der Waals surface area contributed by atoms with Gasteiger partial charge in [0.25, 0.3) is 5.91 Å². The van der Waals surface area contributed by atoms with E-state index in [-0.39, 0.29) is 12.0 Å². The highest BCUT2D eigenvalue weighted by Gasteiger charge is 2.07. The Labute approximate surface area is 99.6 Å². The molecule has 5 heteroatoms. The summed E-state index contributed by atoms with van der Waals surface area (Å²) in [5.41, 5.74) is 0.329. The van der Waals surface area contributed by atoms with Crippen molar-refractivity contribution in [3.05, 3.63) is 29.0 Å². The third-order valence-electron chi connectivity index (χ3n) is 2.19. The normalized spacial score (nSPS) is 12.2. The summed E-state index contributed by atoms with van der Waals surface area (Å²) in [7, 11) is 0. The van der Waals surface area contributed by atoms with E-state index in [4.69, 9.17) is 11.6 Å². The molecule has 1 unspecified atom stereocenters. The number of carbonyl (C=O) groups excluding carboxylic acids is 1. The van der Waals surface area contributed by atoms with E-state index in [1.165, 1.54) is 6.20 Å². The predicted octanol–water partition coefficient (Wildman–Crippen LogP) is 1.63. The summed E-state index contributed by atoms with van der Waals surface area (Å²) >= 11 is 5.65. The van der Waals surface area contributed by atoms with Crippen LogP contribution in [0.4, 0.5) is 0 Å². The van der Waals surface area contributed by atoms with E-state index < -0.39 is 0 Å². The Morgan fingerprint density at radius 3 is 2.94 bits per heavy atom. The van der Waals surface area contributed by atoms with Gasteiger partial charge in [-0.25, -0.2) is 4.98 Å². The van der Waals surface area contributed by atoms with Crippen LogP contribution in [0.25, 0.3) is 0 Å². The SMILES string of the molecule is CCC(O)CCNC(=O)c1ccc(Cl)cn1. The molecule has 0 aromatic carbocycles. The zero-order valence-electron chi connectivity index (χ0n) is 9.11. The van der Waals surface area contributed by atoms with E-state index in [0.717, 1.165) is 0 Å². The average Bonchev–Trinajstić information content (AvgIpc) is 2.29. The second-order valence-corrected chi connectivity index (χ2v) is 3.90. The van der Waals surface area contributed by atoms with Crippen molar-refractivity contribution in [1.29, 1.82) is 0 Å². The van der Waals surface area contributed by atoms with E-state index in [2.05, 4.69) is 10.3 Å². The van der Waals surface area contributed by atoms with E-state index in [1.54, 1.807) is 12.1 Å². The maximum absolute atomic E-state index is 11.5. The summed E-state index contributed by atoms with van der Waals surface area (Å²) in [6.07, 6.45) is 2.31. The zero-order chi connectivity index (χ0) is 12.0. The van der Waals surface area contributed by atoms with Gasteiger partial charge in [-0.05, 0) is 25.0 Å². The van der Waals surface area contributed by atoms with Crippen LogP contribution in [-0.2, 0) is 0 Å². The Kier molecular flexibility index (Phi) is 5.22. The number of amides is 1. The van der Waals surface area contributed by atoms with Gasteiger partial charge >= 0.3 is 0 Å². The Hall–Kier alpha value is -1.13. The van der Waals surface area contributed by atoms with Crippen LogP contribution < -0.4 is 5.32 Å². The molecule has 0 aliphatic rings. The molecule has 0 fully saturated rings. The largest absolute Gasteiger partial charge is 0.393 e. The molecule has 0 saturated heterocycles. The van der Waals surface area contributed by atoms with Crippen molar-refractivity contribution in [2.45, 2.75) is 25.9 Å². The molecule has 1 amide bonds. The molecule has 0 bridgehead atoms. The van der Waals surface area contributed by atoms with Gasteiger partial charge in [0.2, 0.25) is 0 Å². The lowest BCUT2D eigenvalue weighted by Crippen LogP contribution is -2.27. The van der Waals surface area contributed by atoms with Crippen molar-refractivity contribution < 1.29 is 9.90 Å². The molecule has 0 spiro atoms. The van der Waals surface area contributed by atoms with Crippen molar-refractivity contribution in [2.75, 3.05) is 6.54 Å². The number of hydrogen-bond acceptors (Lipinski definition) is 3. The third-order valence-corrected chi connectivity index (χ3v) is 2.42. The summed E-state index contributed by atoms with van der Waals surface area (Å²) in [6.45, 7) is 2.34. The number of halogens is 1. The number of aromatic nitrogens is 1. The number of rotatable bonds is 5. The minimum atomic E-state index is -0.363. The molecule has 1 aromatic heterocycles. The molecular formula is C11H15ClN2O2. The molecule has 16 heavy (non-hydrogen) atoms. The van der Waals surface area contributed by atoms with Crippen LogP contribution >= 0.6 is 11.6 Å². The Morgan fingerprint density at radius 1 is 1.62 bits per heavy atom. The molecule has 4 nitrogen and oxygen atoms in total. The molecule has 1 atom stereocenters. The fraction of sp³-hybridized carbons (Fsp3) is 0.455. The highest BCUT2D eigenvalue weighted by Crippen LogP contribution is 2.05. The first-order valence-electron chi connectivity index (χ1n) is 5.21. The van der Waals surface area contributed by atoms with Gasteiger partial charge in [-0.3, -0.25) is 4.79 Å². The number of nitrogens with one attached hydrogen (secondary N) is 1. The second kappa shape index (κ2) is 6.45. The van der Waals surface area contributed by atoms with Crippen LogP contribution in [0, 0.1) is 0 Å². The first-order valence-corrected chi connectivity index (χ1v) is 5.59. The monoisotopic (exact) mass is 242 g/mol. The Morgan fingerprint density at radius 2 is 2.38 bits per heavy atom. The Bertz CT molecular complexity index is 340. The van der Waals surface area contributed by atoms with Gasteiger partial charge in [0.1, 0.15) is 5.69 Å². The van der Waals surface area contributed by atoms with Crippen LogP contribution in [0.15, 0.2) is 18.3 Å². The van der Waals surface area contributed by atoms with Gasteiger partial charge in [-0.1, -0.05) is 18.5 Å². The quantitative estimate of drug-likeness (QED) is 0.825. The first kappa shape index (κ1) is 12.9. The predicted molar refractivity (Wildman–Crippen MR) is 62.5 cm³/mol. The van der Waals surface area contributed by atoms with E-state index in [9.17, 15) is 9.90 Å². The summed E-state index contributed by atoms with van der Waals surface area (Å²) in [6, 6.07) is 3.18. The molecule has 1 aromatic rings. The van der Waals surface area contributed by atoms with E-state index in [0.29, 0.717) is 30.1 Å². The van der Waals surface area contributed by atoms with Gasteiger partial charge in [0.05, 0.1) is 11.1 Å². The van der Waals surface area contributed by atoms with Gasteiger partial charge < -0.3 is 10.4 Å². The van der Waals surface area contributed by atoms with Crippen LogP contribution in [0.1, 0.15) is 30.3 Å². The number of aliphatic hydroxyl groups is 1. The fourth-order valence-corrected chi connectivity index (χ4v) is 1.27. The molecule has 1 heterocycles. The molecule has 88 valence electrons. The summed E-state index contributed by atoms with van der Waals surface area (Å²) in [5.74, 6) is -0.250. The summed E-state index contributed by atoms with van der Waals surface area (Å²) in [5, 5.41) is 12.5. The maximum Gasteiger partial charge on any atom is 0.269 e. The lowest BCUT2D eigenvalue weighted by atomic mass is 10.2. The van der Waals surface area contributed by atoms with Gasteiger partial charge in [-0.2, -0.15) is 0 Å². The van der Waals surface area contributed by atoms with Gasteiger partial charge in [0, 0.05) is 12.7 Å². The van der Waals surface area contributed by atoms with Crippen molar-refractivity contribution >= 4 is 17.5 Å². The van der Waals surface area contributed by atoms with Crippen LogP contribution in [0.3, 0.4) is 0 Å². The third kappa shape index (κ3) is 4.16. The number of carbonyl (C=O) groups is 1. The minimum Gasteiger partial charge on any atom is -0.393 e. The highest BCUT2D eigenvalue weighted by molar-refractivity contribution is 6.30. The highest BCUT2D eigenvalue weighted by atomic mass is 35.5. The molecule has 0 aliphatic carbocycles. The van der Waals surface area contributed by atoms with E-state index >= 15 is 0 Å². The molecule has 0 saturated carbocycles. The zero-order valence-corrected chi connectivity index (χ0v) is 9.87. The van der Waals surface area contributed by atoms with Crippen LogP contribution in [0.5, 0.6) is 0 Å². The topological polar surface area (TPSA) is 62.2 Å². The lowest BCUT2D eigenvalue weighted by Gasteiger charge is -2.08. The van der Waals surface area contributed by atoms with E-state index in [1.807, 2.05) is 6.92 Å². The molecule has 1 rings (SSSR count). The number of pyridine rings is 1. The van der Waals surface area contributed by atoms with Crippen LogP contribution in [0.2, 0.25) is 5.02 Å². The smallest absolute Gasteiger partial charge is 0.269 e. The van der Waals surface area contributed by atoms with Gasteiger partial charge in [-0.15, -0.1) is 0 Å². The lowest BCUT2D eigenvalue weighted by molar-refractivity contribution is 0.0937. The maximum atomic E-state index is 11.5.